The lowest BCUT2D eigenvalue weighted by molar-refractivity contribution is -0.120. The Morgan fingerprint density at radius 2 is 1.84 bits per heavy atom. The van der Waals surface area contributed by atoms with Gasteiger partial charge in [0.15, 0.2) is 6.61 Å². The van der Waals surface area contributed by atoms with Crippen molar-refractivity contribution in [1.82, 2.24) is 0 Å². The highest BCUT2D eigenvalue weighted by Crippen LogP contribution is 2.38. The van der Waals surface area contributed by atoms with Crippen LogP contribution in [-0.4, -0.2) is 12.5 Å². The van der Waals surface area contributed by atoms with Gasteiger partial charge in [-0.1, -0.05) is 24.3 Å². The van der Waals surface area contributed by atoms with Gasteiger partial charge >= 0.3 is 0 Å². The Morgan fingerprint density at radius 1 is 1.05 bits per heavy atom. The molecule has 2 aromatic rings. The van der Waals surface area contributed by atoms with Gasteiger partial charge < -0.3 is 4.74 Å². The number of carbonyl (C=O) groups excluding carboxylic acids is 1. The second kappa shape index (κ2) is 4.43. The second-order valence-corrected chi connectivity index (χ2v) is 4.78. The Morgan fingerprint density at radius 3 is 2.63 bits per heavy atom. The highest BCUT2D eigenvalue weighted by Gasteiger charge is 2.27. The summed E-state index contributed by atoms with van der Waals surface area (Å²) in [6.45, 7) is 4.10. The van der Waals surface area contributed by atoms with E-state index in [-0.39, 0.29) is 12.5 Å². The maximum Gasteiger partial charge on any atom is 0.269 e. The number of hydrogen-bond acceptors (Lipinski definition) is 2. The van der Waals surface area contributed by atoms with E-state index in [0.717, 1.165) is 28.3 Å². The molecule has 0 saturated carbocycles. The molecule has 0 spiro atoms. The smallest absolute Gasteiger partial charge is 0.269 e. The molecule has 96 valence electrons. The average molecular weight is 253 g/mol. The van der Waals surface area contributed by atoms with Gasteiger partial charge in [0.25, 0.3) is 5.91 Å². The lowest BCUT2D eigenvalue weighted by atomic mass is 10.1. The summed E-state index contributed by atoms with van der Waals surface area (Å²) in [4.78, 5) is 14.0. The quantitative estimate of drug-likeness (QED) is 0.780. The molecule has 1 heterocycles. The van der Waals surface area contributed by atoms with Gasteiger partial charge in [0, 0.05) is 0 Å². The van der Waals surface area contributed by atoms with Crippen LogP contribution in [0.1, 0.15) is 11.1 Å². The van der Waals surface area contributed by atoms with Crippen molar-refractivity contribution in [3.63, 3.8) is 0 Å². The Labute approximate surface area is 112 Å². The molecule has 3 rings (SSSR count). The van der Waals surface area contributed by atoms with E-state index in [4.69, 9.17) is 4.74 Å². The van der Waals surface area contributed by atoms with Crippen LogP contribution in [-0.2, 0) is 4.79 Å². The number of hydrogen-bond donors (Lipinski definition) is 0. The highest BCUT2D eigenvalue weighted by atomic mass is 16.5. The molecule has 19 heavy (non-hydrogen) atoms. The summed E-state index contributed by atoms with van der Waals surface area (Å²) >= 11 is 0. The summed E-state index contributed by atoms with van der Waals surface area (Å²) in [6.07, 6.45) is 0. The standard InChI is InChI=1S/C16H15NO2/c1-11-7-8-15-14(9-11)17(16(18)10-19-15)13-6-4-3-5-12(13)2/h3-9H,10H2,1-2H3. The van der Waals surface area contributed by atoms with Crippen LogP contribution in [0, 0.1) is 13.8 Å². The lowest BCUT2D eigenvalue weighted by Gasteiger charge is -2.30. The van der Waals surface area contributed by atoms with Gasteiger partial charge in [0.1, 0.15) is 5.75 Å². The molecule has 1 aliphatic heterocycles. The number of amides is 1. The third-order valence-electron chi connectivity index (χ3n) is 3.31. The number of aryl methyl sites for hydroxylation is 2. The van der Waals surface area contributed by atoms with E-state index in [9.17, 15) is 4.79 Å². The number of nitrogens with zero attached hydrogens (tertiary/aromatic N) is 1. The molecular formula is C16H15NO2. The number of carbonyl (C=O) groups is 1. The van der Waals surface area contributed by atoms with Crippen molar-refractivity contribution < 1.29 is 9.53 Å². The van der Waals surface area contributed by atoms with Gasteiger partial charge in [-0.05, 0) is 43.2 Å². The number of benzene rings is 2. The van der Waals surface area contributed by atoms with Gasteiger partial charge in [-0.3, -0.25) is 9.69 Å². The molecule has 3 heteroatoms. The highest BCUT2D eigenvalue weighted by molar-refractivity contribution is 6.04. The molecule has 0 bridgehead atoms. The Kier molecular flexibility index (Phi) is 2.75. The van der Waals surface area contributed by atoms with Crippen molar-refractivity contribution in [3.05, 3.63) is 53.6 Å². The van der Waals surface area contributed by atoms with Crippen molar-refractivity contribution in [3.8, 4) is 5.75 Å². The minimum atomic E-state index is -0.0348. The molecule has 0 aromatic heterocycles. The average Bonchev–Trinajstić information content (AvgIpc) is 2.40. The molecule has 0 saturated heterocycles. The third kappa shape index (κ3) is 1.97. The molecule has 0 aliphatic carbocycles. The summed E-state index contributed by atoms with van der Waals surface area (Å²) in [5.41, 5.74) is 3.93. The predicted molar refractivity (Wildman–Crippen MR) is 75.0 cm³/mol. The second-order valence-electron chi connectivity index (χ2n) is 4.78. The fourth-order valence-corrected chi connectivity index (χ4v) is 2.34. The van der Waals surface area contributed by atoms with Crippen LogP contribution >= 0.6 is 0 Å². The zero-order valence-electron chi connectivity index (χ0n) is 11.0. The van der Waals surface area contributed by atoms with Crippen molar-refractivity contribution >= 4 is 17.3 Å². The summed E-state index contributed by atoms with van der Waals surface area (Å²) < 4.78 is 5.49. The first-order chi connectivity index (χ1) is 9.16. The van der Waals surface area contributed by atoms with Crippen LogP contribution in [0.2, 0.25) is 0 Å². The molecular weight excluding hydrogens is 238 g/mol. The molecule has 3 nitrogen and oxygen atoms in total. The molecule has 2 aromatic carbocycles. The maximum absolute atomic E-state index is 12.2. The molecule has 0 atom stereocenters. The molecule has 0 unspecified atom stereocenters. The van der Waals surface area contributed by atoms with Crippen LogP contribution < -0.4 is 9.64 Å². The van der Waals surface area contributed by atoms with E-state index >= 15 is 0 Å². The fraction of sp³-hybridized carbons (Fsp3) is 0.188. The van der Waals surface area contributed by atoms with Crippen molar-refractivity contribution in [1.29, 1.82) is 0 Å². The summed E-state index contributed by atoms with van der Waals surface area (Å²) in [5, 5.41) is 0. The Hall–Kier alpha value is -2.29. The number of fused-ring (bicyclic) bond motifs is 1. The van der Waals surface area contributed by atoms with E-state index in [2.05, 4.69) is 0 Å². The first kappa shape index (κ1) is 11.8. The molecule has 0 fully saturated rings. The van der Waals surface area contributed by atoms with Gasteiger partial charge in [-0.15, -0.1) is 0 Å². The topological polar surface area (TPSA) is 29.5 Å². The van der Waals surface area contributed by atoms with E-state index in [1.165, 1.54) is 0 Å². The summed E-state index contributed by atoms with van der Waals surface area (Å²) in [7, 11) is 0. The fourth-order valence-electron chi connectivity index (χ4n) is 2.34. The number of ether oxygens (including phenoxy) is 1. The van der Waals surface area contributed by atoms with Crippen LogP contribution in [0.15, 0.2) is 42.5 Å². The van der Waals surface area contributed by atoms with Crippen LogP contribution in [0.5, 0.6) is 5.75 Å². The number of rotatable bonds is 1. The SMILES string of the molecule is Cc1ccc2c(c1)N(c1ccccc1C)C(=O)CO2. The normalized spacial score (nSPS) is 14.0. The maximum atomic E-state index is 12.2. The van der Waals surface area contributed by atoms with Gasteiger partial charge in [-0.25, -0.2) is 0 Å². The lowest BCUT2D eigenvalue weighted by Crippen LogP contribution is -2.35. The zero-order chi connectivity index (χ0) is 13.4. The van der Waals surface area contributed by atoms with E-state index in [1.807, 2.05) is 56.3 Å². The zero-order valence-corrected chi connectivity index (χ0v) is 11.0. The van der Waals surface area contributed by atoms with Crippen molar-refractivity contribution in [2.45, 2.75) is 13.8 Å². The first-order valence-electron chi connectivity index (χ1n) is 6.29. The number of para-hydroxylation sites is 1. The Balaban J connectivity index is 2.19. The van der Waals surface area contributed by atoms with E-state index < -0.39 is 0 Å². The summed E-state index contributed by atoms with van der Waals surface area (Å²) in [6, 6.07) is 13.8. The van der Waals surface area contributed by atoms with Crippen molar-refractivity contribution in [2.75, 3.05) is 11.5 Å². The van der Waals surface area contributed by atoms with Gasteiger partial charge in [-0.2, -0.15) is 0 Å². The van der Waals surface area contributed by atoms with Crippen LogP contribution in [0.25, 0.3) is 0 Å². The summed E-state index contributed by atoms with van der Waals surface area (Å²) in [5.74, 6) is 0.723. The third-order valence-corrected chi connectivity index (χ3v) is 3.31. The predicted octanol–water partition coefficient (Wildman–Crippen LogP) is 3.36. The van der Waals surface area contributed by atoms with Gasteiger partial charge in [0.2, 0.25) is 0 Å². The Bertz CT molecular complexity index is 649. The minimum Gasteiger partial charge on any atom is -0.482 e. The number of anilines is 2. The van der Waals surface area contributed by atoms with E-state index in [1.54, 1.807) is 4.90 Å². The van der Waals surface area contributed by atoms with Gasteiger partial charge in [0.05, 0.1) is 11.4 Å². The molecule has 1 aliphatic rings. The first-order valence-corrected chi connectivity index (χ1v) is 6.29. The van der Waals surface area contributed by atoms with Crippen LogP contribution in [0.4, 0.5) is 11.4 Å². The van der Waals surface area contributed by atoms with E-state index in [0.29, 0.717) is 0 Å². The largest absolute Gasteiger partial charge is 0.482 e. The molecule has 0 radical (unpaired) electrons. The van der Waals surface area contributed by atoms with Crippen LogP contribution in [0.3, 0.4) is 0 Å². The van der Waals surface area contributed by atoms with Crippen molar-refractivity contribution in [2.24, 2.45) is 0 Å². The minimum absolute atomic E-state index is 0.0348. The molecule has 1 amide bonds. The monoisotopic (exact) mass is 253 g/mol. The molecule has 0 N–H and O–H groups in total.